The molecule has 2 saturated carbocycles. The lowest BCUT2D eigenvalue weighted by Crippen LogP contribution is -2.15. The average Bonchev–Trinajstić information content (AvgIpc) is 3.18. The third-order valence-electron chi connectivity index (χ3n) is 10.8. The first-order valence-corrected chi connectivity index (χ1v) is 18.7. The molecule has 2 fully saturated rings. The van der Waals surface area contributed by atoms with Gasteiger partial charge in [-0.25, -0.2) is 19.9 Å². The lowest BCUT2D eigenvalue weighted by molar-refractivity contribution is 0.252. The van der Waals surface area contributed by atoms with E-state index in [0.29, 0.717) is 11.1 Å². The van der Waals surface area contributed by atoms with Crippen molar-refractivity contribution in [2.75, 3.05) is 0 Å². The van der Waals surface area contributed by atoms with E-state index in [9.17, 15) is 0 Å². The maximum Gasteiger partial charge on any atom is 0.159 e. The second-order valence-electron chi connectivity index (χ2n) is 14.3. The van der Waals surface area contributed by atoms with Crippen LogP contribution in [0.2, 0.25) is 0 Å². The molecular formula is C43H52N6. The third-order valence-corrected chi connectivity index (χ3v) is 10.8. The smallest absolute Gasteiger partial charge is 0.159 e. The number of hydrogen-bond acceptors (Lipinski definition) is 6. The predicted octanol–water partition coefficient (Wildman–Crippen LogP) is 10.7. The summed E-state index contributed by atoms with van der Waals surface area (Å²) in [4.78, 5) is 18.0. The Morgan fingerprint density at radius 3 is 1.18 bits per heavy atom. The molecule has 0 radical (unpaired) electrons. The highest BCUT2D eigenvalue weighted by Crippen LogP contribution is 2.34. The number of nitriles is 2. The Hall–Kier alpha value is -4.42. The molecule has 0 bridgehead atoms. The average molecular weight is 653 g/mol. The number of hydrogen-bond donors (Lipinski definition) is 0. The van der Waals surface area contributed by atoms with Crippen LogP contribution in [0.25, 0.3) is 22.8 Å². The van der Waals surface area contributed by atoms with Gasteiger partial charge in [0.1, 0.15) is 0 Å². The molecule has 2 aliphatic carbocycles. The molecule has 6 rings (SSSR count). The van der Waals surface area contributed by atoms with Crippen LogP contribution in [0.3, 0.4) is 0 Å². The second kappa shape index (κ2) is 18.9. The number of nitrogens with zero attached hydrogens (tertiary/aromatic N) is 6. The van der Waals surface area contributed by atoms with Crippen molar-refractivity contribution in [3.05, 3.63) is 95.6 Å². The van der Waals surface area contributed by atoms with E-state index in [-0.39, 0.29) is 0 Å². The Kier molecular flexibility index (Phi) is 13.9. The molecule has 2 aromatic heterocycles. The van der Waals surface area contributed by atoms with Gasteiger partial charge in [-0.2, -0.15) is 10.5 Å². The van der Waals surface area contributed by atoms with Gasteiger partial charge in [-0.05, 0) is 109 Å². The normalized spacial score (nSPS) is 20.3. The number of aryl methyl sites for hydroxylation is 2. The fourth-order valence-corrected chi connectivity index (χ4v) is 7.54. The Bertz CT molecular complexity index is 1620. The summed E-state index contributed by atoms with van der Waals surface area (Å²) in [6.45, 7) is 4.62. The topological polar surface area (TPSA) is 99.1 Å². The number of aromatic nitrogens is 4. The zero-order valence-corrected chi connectivity index (χ0v) is 29.5. The van der Waals surface area contributed by atoms with Crippen molar-refractivity contribution in [3.8, 4) is 34.9 Å². The molecule has 49 heavy (non-hydrogen) atoms. The van der Waals surface area contributed by atoms with Gasteiger partial charge in [0.2, 0.25) is 0 Å². The van der Waals surface area contributed by atoms with E-state index in [0.717, 1.165) is 59.3 Å². The van der Waals surface area contributed by atoms with Crippen LogP contribution in [0, 0.1) is 46.3 Å². The second-order valence-corrected chi connectivity index (χ2v) is 14.3. The largest absolute Gasteiger partial charge is 0.236 e. The molecule has 2 heterocycles. The summed E-state index contributed by atoms with van der Waals surface area (Å²) in [5, 5.41) is 17.7. The molecule has 2 aliphatic rings. The van der Waals surface area contributed by atoms with Gasteiger partial charge in [0.15, 0.2) is 11.6 Å². The van der Waals surface area contributed by atoms with Crippen LogP contribution in [0.15, 0.2) is 73.3 Å². The highest BCUT2D eigenvalue weighted by Gasteiger charge is 2.21. The van der Waals surface area contributed by atoms with Crippen LogP contribution < -0.4 is 0 Å². The molecule has 254 valence electrons. The maximum atomic E-state index is 8.86. The monoisotopic (exact) mass is 652 g/mol. The minimum atomic E-state index is 0.660. The SMILES string of the molecule is CCC1CCC(CCc2cnc(-c3ccc(C#N)cc3)nc2)CC1.CCCC1CCC(CCc2cnc(-c3ccc(C#N)cc3)nc2)CC1. The minimum Gasteiger partial charge on any atom is -0.236 e. The Morgan fingerprint density at radius 2 is 0.857 bits per heavy atom. The van der Waals surface area contributed by atoms with Crippen LogP contribution in [0.4, 0.5) is 0 Å². The van der Waals surface area contributed by atoms with Crippen LogP contribution in [0.1, 0.15) is 120 Å². The van der Waals surface area contributed by atoms with Gasteiger partial charge in [0.05, 0.1) is 23.3 Å². The predicted molar refractivity (Wildman–Crippen MR) is 197 cm³/mol. The molecule has 0 atom stereocenters. The summed E-state index contributed by atoms with van der Waals surface area (Å²) in [7, 11) is 0. The van der Waals surface area contributed by atoms with Crippen molar-refractivity contribution in [1.29, 1.82) is 10.5 Å². The van der Waals surface area contributed by atoms with Crippen LogP contribution in [0.5, 0.6) is 0 Å². The van der Waals surface area contributed by atoms with Crippen molar-refractivity contribution >= 4 is 0 Å². The zero-order chi connectivity index (χ0) is 34.3. The van der Waals surface area contributed by atoms with E-state index < -0.39 is 0 Å². The molecule has 2 aromatic carbocycles. The van der Waals surface area contributed by atoms with Gasteiger partial charge in [-0.3, -0.25) is 0 Å². The molecule has 0 saturated heterocycles. The van der Waals surface area contributed by atoms with E-state index in [1.54, 1.807) is 12.1 Å². The van der Waals surface area contributed by atoms with Gasteiger partial charge in [0, 0.05) is 35.9 Å². The van der Waals surface area contributed by atoms with E-state index in [2.05, 4.69) is 45.9 Å². The fraction of sp³-hybridized carbons (Fsp3) is 0.488. The van der Waals surface area contributed by atoms with Crippen molar-refractivity contribution < 1.29 is 0 Å². The van der Waals surface area contributed by atoms with E-state index >= 15 is 0 Å². The van der Waals surface area contributed by atoms with Gasteiger partial charge in [-0.15, -0.1) is 0 Å². The summed E-state index contributed by atoms with van der Waals surface area (Å²) in [6, 6.07) is 19.1. The van der Waals surface area contributed by atoms with E-state index in [1.807, 2.05) is 61.2 Å². The van der Waals surface area contributed by atoms with Gasteiger partial charge >= 0.3 is 0 Å². The first-order chi connectivity index (χ1) is 24.1. The quantitative estimate of drug-likeness (QED) is 0.160. The highest BCUT2D eigenvalue weighted by molar-refractivity contribution is 5.57. The number of rotatable bonds is 11. The van der Waals surface area contributed by atoms with E-state index in [4.69, 9.17) is 10.5 Å². The summed E-state index contributed by atoms with van der Waals surface area (Å²) < 4.78 is 0. The van der Waals surface area contributed by atoms with Crippen molar-refractivity contribution in [2.45, 2.75) is 110 Å². The molecule has 6 nitrogen and oxygen atoms in total. The van der Waals surface area contributed by atoms with Crippen LogP contribution in [-0.2, 0) is 12.8 Å². The number of benzene rings is 2. The van der Waals surface area contributed by atoms with E-state index in [1.165, 1.54) is 94.6 Å². The first kappa shape index (κ1) is 35.9. The zero-order valence-electron chi connectivity index (χ0n) is 29.5. The lowest BCUT2D eigenvalue weighted by Gasteiger charge is -2.28. The van der Waals surface area contributed by atoms with Gasteiger partial charge in [-0.1, -0.05) is 84.5 Å². The summed E-state index contributed by atoms with van der Waals surface area (Å²) >= 11 is 0. The molecule has 6 heteroatoms. The summed E-state index contributed by atoms with van der Waals surface area (Å²) in [6.07, 6.45) is 27.9. The van der Waals surface area contributed by atoms with Crippen molar-refractivity contribution in [3.63, 3.8) is 0 Å². The summed E-state index contributed by atoms with van der Waals surface area (Å²) in [5.41, 5.74) is 5.69. The minimum absolute atomic E-state index is 0.660. The van der Waals surface area contributed by atoms with Crippen molar-refractivity contribution in [2.24, 2.45) is 23.7 Å². The van der Waals surface area contributed by atoms with Crippen LogP contribution in [-0.4, -0.2) is 19.9 Å². The van der Waals surface area contributed by atoms with Crippen LogP contribution >= 0.6 is 0 Å². The Morgan fingerprint density at radius 1 is 0.510 bits per heavy atom. The molecule has 0 amide bonds. The molecule has 0 N–H and O–H groups in total. The van der Waals surface area contributed by atoms with Gasteiger partial charge in [0.25, 0.3) is 0 Å². The Balaban J connectivity index is 0.000000191. The van der Waals surface area contributed by atoms with Gasteiger partial charge < -0.3 is 0 Å². The standard InChI is InChI=1S/C22H27N3.C21H25N3/c1-2-3-17-4-6-18(7-5-17)8-9-20-15-24-22(25-16-20)21-12-10-19(14-23)11-13-21;1-2-16-3-5-17(6-4-16)7-8-19-14-23-21(24-15-19)20-11-9-18(13-22)10-12-20/h10-13,15-18H,2-9H2,1H3;9-12,14-17H,2-8H2,1H3. The molecular weight excluding hydrogens is 601 g/mol. The third kappa shape index (κ3) is 11.0. The summed E-state index contributed by atoms with van der Waals surface area (Å²) in [5.74, 6) is 5.17. The molecule has 0 spiro atoms. The first-order valence-electron chi connectivity index (χ1n) is 18.7. The fourth-order valence-electron chi connectivity index (χ4n) is 7.54. The molecule has 0 aliphatic heterocycles. The lowest BCUT2D eigenvalue weighted by atomic mass is 9.78. The maximum absolute atomic E-state index is 8.86. The highest BCUT2D eigenvalue weighted by atomic mass is 14.9. The molecule has 4 aromatic rings. The Labute approximate surface area is 294 Å². The molecule has 0 unspecified atom stereocenters. The van der Waals surface area contributed by atoms with Crippen molar-refractivity contribution in [1.82, 2.24) is 19.9 Å².